The van der Waals surface area contributed by atoms with Crippen molar-refractivity contribution in [3.05, 3.63) is 0 Å². The SMILES string of the molecule is CC[C@@H](NC(=O)NCC1CCCS1(=O)=O)C(=O)O. The van der Waals surface area contributed by atoms with Crippen molar-refractivity contribution >= 4 is 21.8 Å². The summed E-state index contributed by atoms with van der Waals surface area (Å²) in [7, 11) is -3.09. The van der Waals surface area contributed by atoms with Crippen LogP contribution in [0.2, 0.25) is 0 Å². The van der Waals surface area contributed by atoms with Crippen molar-refractivity contribution in [2.75, 3.05) is 12.3 Å². The fourth-order valence-electron chi connectivity index (χ4n) is 1.84. The number of amides is 2. The molecule has 0 bridgehead atoms. The van der Waals surface area contributed by atoms with Gasteiger partial charge in [-0.1, -0.05) is 6.92 Å². The normalized spacial score (nSPS) is 23.3. The van der Waals surface area contributed by atoms with Crippen LogP contribution in [-0.4, -0.2) is 49.1 Å². The summed E-state index contributed by atoms with van der Waals surface area (Å²) in [5.41, 5.74) is 0. The first-order chi connectivity index (χ1) is 8.36. The first-order valence-electron chi connectivity index (χ1n) is 5.85. The minimum absolute atomic E-state index is 0.0320. The van der Waals surface area contributed by atoms with Crippen molar-refractivity contribution in [3.8, 4) is 0 Å². The number of aliphatic carboxylic acids is 1. The molecule has 1 rings (SSSR count). The average molecular weight is 278 g/mol. The van der Waals surface area contributed by atoms with Crippen LogP contribution in [0.15, 0.2) is 0 Å². The fourth-order valence-corrected chi connectivity index (χ4v) is 3.61. The van der Waals surface area contributed by atoms with Gasteiger partial charge in [0.1, 0.15) is 6.04 Å². The van der Waals surface area contributed by atoms with E-state index in [-0.39, 0.29) is 18.7 Å². The Kier molecular flexibility index (Phi) is 4.94. The Labute approximate surface area is 106 Å². The van der Waals surface area contributed by atoms with Gasteiger partial charge in [-0.2, -0.15) is 0 Å². The molecule has 2 atom stereocenters. The summed E-state index contributed by atoms with van der Waals surface area (Å²) < 4.78 is 23.0. The zero-order chi connectivity index (χ0) is 13.8. The van der Waals surface area contributed by atoms with Gasteiger partial charge in [0.05, 0.1) is 11.0 Å². The standard InChI is InChI=1S/C10H18N2O5S/c1-2-8(9(13)14)12-10(15)11-6-7-4-3-5-18(7,16)17/h7-8H,2-6H2,1H3,(H,13,14)(H2,11,12,15)/t7?,8-/m1/s1. The summed E-state index contributed by atoms with van der Waals surface area (Å²) in [5.74, 6) is -0.950. The zero-order valence-corrected chi connectivity index (χ0v) is 11.0. The lowest BCUT2D eigenvalue weighted by Gasteiger charge is -2.15. The quantitative estimate of drug-likeness (QED) is 0.640. The molecule has 2 amide bonds. The summed E-state index contributed by atoms with van der Waals surface area (Å²) in [5, 5.41) is 12.9. The van der Waals surface area contributed by atoms with E-state index in [2.05, 4.69) is 10.6 Å². The minimum Gasteiger partial charge on any atom is -0.480 e. The molecule has 1 unspecified atom stereocenters. The average Bonchev–Trinajstić information content (AvgIpc) is 2.62. The molecule has 0 aromatic rings. The van der Waals surface area contributed by atoms with E-state index in [1.807, 2.05) is 0 Å². The van der Waals surface area contributed by atoms with Crippen molar-refractivity contribution in [3.63, 3.8) is 0 Å². The zero-order valence-electron chi connectivity index (χ0n) is 10.2. The lowest BCUT2D eigenvalue weighted by molar-refractivity contribution is -0.139. The predicted octanol–water partition coefficient (Wildman–Crippen LogP) is -0.274. The number of hydrogen-bond acceptors (Lipinski definition) is 4. The molecule has 0 aliphatic carbocycles. The maximum Gasteiger partial charge on any atom is 0.326 e. The largest absolute Gasteiger partial charge is 0.480 e. The first kappa shape index (κ1) is 14.7. The number of sulfone groups is 1. The number of carboxylic acids is 1. The molecule has 0 aromatic heterocycles. The van der Waals surface area contributed by atoms with E-state index < -0.39 is 33.1 Å². The van der Waals surface area contributed by atoms with Crippen LogP contribution in [0.25, 0.3) is 0 Å². The highest BCUT2D eigenvalue weighted by Crippen LogP contribution is 2.18. The number of hydrogen-bond donors (Lipinski definition) is 3. The maximum absolute atomic E-state index is 11.5. The molecule has 1 aliphatic rings. The third kappa shape index (κ3) is 3.86. The number of nitrogens with one attached hydrogen (secondary N) is 2. The lowest BCUT2D eigenvalue weighted by Crippen LogP contribution is -2.47. The van der Waals surface area contributed by atoms with Gasteiger partial charge in [0.15, 0.2) is 9.84 Å². The molecule has 0 spiro atoms. The third-order valence-corrected chi connectivity index (χ3v) is 5.24. The topological polar surface area (TPSA) is 113 Å². The van der Waals surface area contributed by atoms with Crippen molar-refractivity contribution in [2.45, 2.75) is 37.5 Å². The Morgan fingerprint density at radius 3 is 2.56 bits per heavy atom. The molecule has 104 valence electrons. The molecule has 0 saturated carbocycles. The number of carbonyl (C=O) groups excluding carboxylic acids is 1. The molecule has 7 nitrogen and oxygen atoms in total. The van der Waals surface area contributed by atoms with Gasteiger partial charge >= 0.3 is 12.0 Å². The highest BCUT2D eigenvalue weighted by atomic mass is 32.2. The van der Waals surface area contributed by atoms with Crippen LogP contribution < -0.4 is 10.6 Å². The Morgan fingerprint density at radius 2 is 2.11 bits per heavy atom. The predicted molar refractivity (Wildman–Crippen MR) is 65.1 cm³/mol. The highest BCUT2D eigenvalue weighted by Gasteiger charge is 2.31. The molecule has 18 heavy (non-hydrogen) atoms. The number of urea groups is 1. The van der Waals surface area contributed by atoms with Gasteiger partial charge in [0.25, 0.3) is 0 Å². The summed E-state index contributed by atoms with van der Waals surface area (Å²) in [4.78, 5) is 22.1. The van der Waals surface area contributed by atoms with Gasteiger partial charge < -0.3 is 15.7 Å². The Balaban J connectivity index is 2.40. The molecule has 1 aliphatic heterocycles. The van der Waals surface area contributed by atoms with Crippen LogP contribution in [0.1, 0.15) is 26.2 Å². The van der Waals surface area contributed by atoms with E-state index in [1.54, 1.807) is 6.92 Å². The van der Waals surface area contributed by atoms with Gasteiger partial charge in [0, 0.05) is 6.54 Å². The van der Waals surface area contributed by atoms with E-state index >= 15 is 0 Å². The van der Waals surface area contributed by atoms with Crippen molar-refractivity contribution in [2.24, 2.45) is 0 Å². The number of carboxylic acid groups (broad SMARTS) is 1. The molecule has 3 N–H and O–H groups in total. The van der Waals surface area contributed by atoms with Crippen molar-refractivity contribution in [1.29, 1.82) is 0 Å². The molecular weight excluding hydrogens is 260 g/mol. The van der Waals surface area contributed by atoms with Crippen LogP contribution in [0.3, 0.4) is 0 Å². The van der Waals surface area contributed by atoms with Crippen LogP contribution >= 0.6 is 0 Å². The third-order valence-electron chi connectivity index (χ3n) is 2.96. The van der Waals surface area contributed by atoms with Gasteiger partial charge in [0.2, 0.25) is 0 Å². The van der Waals surface area contributed by atoms with Crippen molar-refractivity contribution in [1.82, 2.24) is 10.6 Å². The molecule has 8 heteroatoms. The monoisotopic (exact) mass is 278 g/mol. The van der Waals surface area contributed by atoms with Crippen LogP contribution in [0.4, 0.5) is 4.79 Å². The Bertz CT molecular complexity index is 420. The first-order valence-corrected chi connectivity index (χ1v) is 7.57. The smallest absolute Gasteiger partial charge is 0.326 e. The van der Waals surface area contributed by atoms with E-state index in [0.29, 0.717) is 12.8 Å². The van der Waals surface area contributed by atoms with Gasteiger partial charge in [-0.25, -0.2) is 18.0 Å². The van der Waals surface area contributed by atoms with E-state index in [0.717, 1.165) is 0 Å². The van der Waals surface area contributed by atoms with Crippen LogP contribution in [0.5, 0.6) is 0 Å². The molecule has 0 aromatic carbocycles. The minimum atomic E-state index is -3.09. The van der Waals surface area contributed by atoms with E-state index in [9.17, 15) is 18.0 Å². The Morgan fingerprint density at radius 1 is 1.44 bits per heavy atom. The van der Waals surface area contributed by atoms with Gasteiger partial charge in [-0.15, -0.1) is 0 Å². The van der Waals surface area contributed by atoms with E-state index in [1.165, 1.54) is 0 Å². The maximum atomic E-state index is 11.5. The van der Waals surface area contributed by atoms with Crippen molar-refractivity contribution < 1.29 is 23.1 Å². The fraction of sp³-hybridized carbons (Fsp3) is 0.800. The molecule has 1 heterocycles. The number of rotatable bonds is 5. The lowest BCUT2D eigenvalue weighted by atomic mass is 10.2. The highest BCUT2D eigenvalue weighted by molar-refractivity contribution is 7.92. The van der Waals surface area contributed by atoms with E-state index in [4.69, 9.17) is 5.11 Å². The summed E-state index contributed by atoms with van der Waals surface area (Å²) >= 11 is 0. The second kappa shape index (κ2) is 6.03. The number of carbonyl (C=O) groups is 2. The summed E-state index contributed by atoms with van der Waals surface area (Å²) in [6.07, 6.45) is 1.42. The molecule has 0 radical (unpaired) electrons. The second-order valence-corrected chi connectivity index (χ2v) is 6.69. The van der Waals surface area contributed by atoms with Crippen LogP contribution in [-0.2, 0) is 14.6 Å². The summed E-state index contributed by atoms with van der Waals surface area (Å²) in [6.45, 7) is 1.67. The van der Waals surface area contributed by atoms with Gasteiger partial charge in [-0.3, -0.25) is 0 Å². The van der Waals surface area contributed by atoms with Gasteiger partial charge in [-0.05, 0) is 19.3 Å². The van der Waals surface area contributed by atoms with Crippen LogP contribution in [0, 0.1) is 0 Å². The molecule has 1 fully saturated rings. The Hall–Kier alpha value is -1.31. The second-order valence-electron chi connectivity index (χ2n) is 4.28. The summed E-state index contributed by atoms with van der Waals surface area (Å²) in [6, 6.07) is -1.60. The molecule has 1 saturated heterocycles. The molecular formula is C10H18N2O5S.